The second-order valence-corrected chi connectivity index (χ2v) is 8.25. The van der Waals surface area contributed by atoms with Gasteiger partial charge >= 0.3 is 0 Å². The first-order valence-corrected chi connectivity index (χ1v) is 10.3. The largest absolute Gasteiger partial charge is 0.338 e. The Labute approximate surface area is 179 Å². The Hall–Kier alpha value is -3.24. The molecule has 2 aliphatic heterocycles. The van der Waals surface area contributed by atoms with Gasteiger partial charge in [-0.25, -0.2) is 4.99 Å². The van der Waals surface area contributed by atoms with Crippen molar-refractivity contribution in [2.24, 2.45) is 10.9 Å². The molecule has 3 aromatic carbocycles. The van der Waals surface area contributed by atoms with E-state index in [1.54, 1.807) is 6.21 Å². The summed E-state index contributed by atoms with van der Waals surface area (Å²) in [7, 11) is 0. The molecular weight excluding hydrogens is 396 g/mol. The first-order valence-electron chi connectivity index (χ1n) is 9.94. The van der Waals surface area contributed by atoms with E-state index in [0.717, 1.165) is 36.2 Å². The second-order valence-electron chi connectivity index (χ2n) is 7.82. The highest BCUT2D eigenvalue weighted by atomic mass is 35.5. The van der Waals surface area contributed by atoms with Crippen molar-refractivity contribution in [3.05, 3.63) is 94.0 Å². The van der Waals surface area contributed by atoms with Gasteiger partial charge in [-0.15, -0.1) is 0 Å². The van der Waals surface area contributed by atoms with Crippen LogP contribution >= 0.6 is 11.6 Å². The first-order chi connectivity index (χ1) is 14.6. The fraction of sp³-hybridized carbons (Fsp3) is 0.160. The zero-order chi connectivity index (χ0) is 20.7. The molecule has 0 atom stereocenters. The number of carbonyl (C=O) groups is 2. The van der Waals surface area contributed by atoms with Gasteiger partial charge in [-0.1, -0.05) is 48.0 Å². The zero-order valence-electron chi connectivity index (χ0n) is 16.2. The molecule has 0 aromatic heterocycles. The van der Waals surface area contributed by atoms with Gasteiger partial charge < -0.3 is 4.90 Å². The van der Waals surface area contributed by atoms with Crippen molar-refractivity contribution >= 4 is 29.6 Å². The van der Waals surface area contributed by atoms with Crippen molar-refractivity contribution in [2.45, 2.75) is 6.42 Å². The van der Waals surface area contributed by atoms with E-state index in [0.29, 0.717) is 22.1 Å². The van der Waals surface area contributed by atoms with Gasteiger partial charge in [0, 0.05) is 35.5 Å². The molecule has 1 fully saturated rings. The summed E-state index contributed by atoms with van der Waals surface area (Å²) in [5.41, 5.74) is 5.35. The zero-order valence-corrected chi connectivity index (χ0v) is 17.0. The summed E-state index contributed by atoms with van der Waals surface area (Å²) in [5, 5.41) is 0.676. The van der Waals surface area contributed by atoms with Crippen LogP contribution in [0.3, 0.4) is 0 Å². The number of halogens is 1. The fourth-order valence-corrected chi connectivity index (χ4v) is 4.28. The lowest BCUT2D eigenvalue weighted by Crippen LogP contribution is -2.50. The normalized spacial score (nSPS) is 15.2. The number of nitrogens with zero attached hydrogens (tertiary/aromatic N) is 2. The smallest absolute Gasteiger partial charge is 0.277 e. The Balaban J connectivity index is 1.27. The molecule has 0 bridgehead atoms. The number of carbonyl (C=O) groups excluding carboxylic acids is 2. The number of amides is 2. The Bertz CT molecular complexity index is 1180. The molecule has 148 valence electrons. The van der Waals surface area contributed by atoms with Gasteiger partial charge in [-0.05, 0) is 59.4 Å². The molecule has 0 aliphatic carbocycles. The molecule has 30 heavy (non-hydrogen) atoms. The Morgan fingerprint density at radius 3 is 2.57 bits per heavy atom. The number of aliphatic imine (C=N–C) groups is 1. The molecule has 5 rings (SSSR count). The lowest BCUT2D eigenvalue weighted by molar-refractivity contribution is 0.0502. The molecule has 3 aromatic rings. The van der Waals surface area contributed by atoms with Crippen LogP contribution in [-0.2, 0) is 6.42 Å². The van der Waals surface area contributed by atoms with Gasteiger partial charge in [-0.2, -0.15) is 0 Å². The van der Waals surface area contributed by atoms with Gasteiger partial charge in [0.25, 0.3) is 11.8 Å². The molecule has 0 spiro atoms. The monoisotopic (exact) mass is 414 g/mol. The Morgan fingerprint density at radius 2 is 1.77 bits per heavy atom. The molecule has 0 N–H and O–H groups in total. The molecule has 2 amide bonds. The van der Waals surface area contributed by atoms with Crippen molar-refractivity contribution in [1.82, 2.24) is 4.90 Å². The number of hydrogen-bond acceptors (Lipinski definition) is 2. The molecular formula is C25H19ClN2O2. The van der Waals surface area contributed by atoms with Crippen LogP contribution in [0.15, 0.2) is 71.7 Å². The topological polar surface area (TPSA) is 49.7 Å². The predicted octanol–water partition coefficient (Wildman–Crippen LogP) is 4.89. The van der Waals surface area contributed by atoms with Crippen LogP contribution in [0.4, 0.5) is 0 Å². The SMILES string of the molecule is O=C1N=Cc2cc(CC3CN(C(=O)c4ccccc4-c4ccc(Cl)cc4)C3)ccc21. The lowest BCUT2D eigenvalue weighted by atomic mass is 9.89. The van der Waals surface area contributed by atoms with Crippen LogP contribution in [0, 0.1) is 5.92 Å². The van der Waals surface area contributed by atoms with Gasteiger partial charge in [-0.3, -0.25) is 9.59 Å². The van der Waals surface area contributed by atoms with Crippen molar-refractivity contribution < 1.29 is 9.59 Å². The minimum atomic E-state index is -0.170. The summed E-state index contributed by atoms with van der Waals surface area (Å²) in [6, 6.07) is 21.1. The number of rotatable bonds is 4. The molecule has 0 unspecified atom stereocenters. The summed E-state index contributed by atoms with van der Waals surface area (Å²) in [4.78, 5) is 30.5. The molecule has 5 heteroatoms. The molecule has 0 saturated carbocycles. The van der Waals surface area contributed by atoms with Gasteiger partial charge in [0.1, 0.15) is 0 Å². The van der Waals surface area contributed by atoms with E-state index in [2.05, 4.69) is 4.99 Å². The summed E-state index contributed by atoms with van der Waals surface area (Å²) in [6.07, 6.45) is 2.52. The first kappa shape index (κ1) is 18.8. The number of hydrogen-bond donors (Lipinski definition) is 0. The standard InChI is InChI=1S/C25H19ClN2O2/c26-20-8-6-18(7-9-20)21-3-1-2-4-23(21)25(30)28-14-17(15-28)11-16-5-10-22-19(12-16)13-27-24(22)29/h1-10,12-13,17H,11,14-15H2. The maximum atomic E-state index is 13.1. The fourth-order valence-electron chi connectivity index (χ4n) is 4.16. The molecule has 4 nitrogen and oxygen atoms in total. The maximum Gasteiger partial charge on any atom is 0.277 e. The van der Waals surface area contributed by atoms with Gasteiger partial charge in [0.05, 0.1) is 5.56 Å². The van der Waals surface area contributed by atoms with Crippen LogP contribution in [0.2, 0.25) is 5.02 Å². The third-order valence-corrected chi connectivity index (χ3v) is 6.00. The number of benzene rings is 3. The summed E-state index contributed by atoms with van der Waals surface area (Å²) < 4.78 is 0. The maximum absolute atomic E-state index is 13.1. The number of fused-ring (bicyclic) bond motifs is 1. The van der Waals surface area contributed by atoms with E-state index in [9.17, 15) is 9.59 Å². The quantitative estimate of drug-likeness (QED) is 0.610. The minimum Gasteiger partial charge on any atom is -0.338 e. The highest BCUT2D eigenvalue weighted by Crippen LogP contribution is 2.29. The Morgan fingerprint density at radius 1 is 1.00 bits per heavy atom. The molecule has 2 heterocycles. The second kappa shape index (κ2) is 7.54. The third kappa shape index (κ3) is 3.44. The van der Waals surface area contributed by atoms with Crippen LogP contribution in [0.25, 0.3) is 11.1 Å². The summed E-state index contributed by atoms with van der Waals surface area (Å²) >= 11 is 6.01. The summed E-state index contributed by atoms with van der Waals surface area (Å²) in [6.45, 7) is 1.47. The van der Waals surface area contributed by atoms with E-state index < -0.39 is 0 Å². The number of likely N-dealkylation sites (tertiary alicyclic amines) is 1. The summed E-state index contributed by atoms with van der Waals surface area (Å²) in [5.74, 6) is 0.309. The van der Waals surface area contributed by atoms with Crippen molar-refractivity contribution in [2.75, 3.05) is 13.1 Å². The average Bonchev–Trinajstić information content (AvgIpc) is 3.11. The third-order valence-electron chi connectivity index (χ3n) is 5.75. The van der Waals surface area contributed by atoms with E-state index in [4.69, 9.17) is 11.6 Å². The van der Waals surface area contributed by atoms with Crippen LogP contribution in [0.5, 0.6) is 0 Å². The van der Waals surface area contributed by atoms with Gasteiger partial charge in [0.15, 0.2) is 0 Å². The van der Waals surface area contributed by atoms with E-state index in [1.807, 2.05) is 71.6 Å². The van der Waals surface area contributed by atoms with Crippen molar-refractivity contribution in [1.29, 1.82) is 0 Å². The van der Waals surface area contributed by atoms with Crippen molar-refractivity contribution in [3.8, 4) is 11.1 Å². The average molecular weight is 415 g/mol. The molecule has 1 saturated heterocycles. The van der Waals surface area contributed by atoms with Crippen molar-refractivity contribution in [3.63, 3.8) is 0 Å². The van der Waals surface area contributed by atoms with E-state index >= 15 is 0 Å². The molecule has 0 radical (unpaired) electrons. The lowest BCUT2D eigenvalue weighted by Gasteiger charge is -2.40. The minimum absolute atomic E-state index is 0.0588. The Kier molecular flexibility index (Phi) is 4.72. The van der Waals surface area contributed by atoms with Crippen LogP contribution in [0.1, 0.15) is 31.8 Å². The van der Waals surface area contributed by atoms with Gasteiger partial charge in [0.2, 0.25) is 0 Å². The highest BCUT2D eigenvalue weighted by Gasteiger charge is 2.32. The van der Waals surface area contributed by atoms with Crippen LogP contribution < -0.4 is 0 Å². The highest BCUT2D eigenvalue weighted by molar-refractivity contribution is 6.30. The molecule has 2 aliphatic rings. The predicted molar refractivity (Wildman–Crippen MR) is 118 cm³/mol. The van der Waals surface area contributed by atoms with E-state index in [-0.39, 0.29) is 11.8 Å². The van der Waals surface area contributed by atoms with Crippen LogP contribution in [-0.4, -0.2) is 36.0 Å². The van der Waals surface area contributed by atoms with E-state index in [1.165, 1.54) is 5.56 Å².